The van der Waals surface area contributed by atoms with Crippen molar-refractivity contribution >= 4 is 17.6 Å². The Bertz CT molecular complexity index is 764. The Morgan fingerprint density at radius 3 is 2.15 bits per heavy atom. The summed E-state index contributed by atoms with van der Waals surface area (Å²) in [5.41, 5.74) is -1.36. The van der Waals surface area contributed by atoms with Crippen molar-refractivity contribution in [1.29, 1.82) is 0 Å². The fourth-order valence-corrected chi connectivity index (χ4v) is 1.76. The minimum atomic E-state index is -4.66. The molecule has 12 heteroatoms. The van der Waals surface area contributed by atoms with E-state index in [0.717, 1.165) is 19.1 Å². The van der Waals surface area contributed by atoms with E-state index in [2.05, 4.69) is 30.3 Å². The first kappa shape index (κ1) is 19.5. The van der Waals surface area contributed by atoms with Crippen molar-refractivity contribution in [2.24, 2.45) is 0 Å². The third-order valence-corrected chi connectivity index (χ3v) is 3.06. The number of benzene rings is 1. The lowest BCUT2D eigenvalue weighted by molar-refractivity contribution is -0.190. The molecule has 0 bridgehead atoms. The summed E-state index contributed by atoms with van der Waals surface area (Å²) in [6, 6.07) is 3.82. The van der Waals surface area contributed by atoms with Gasteiger partial charge in [-0.3, -0.25) is 0 Å². The molecule has 2 rings (SSSR count). The zero-order valence-electron chi connectivity index (χ0n) is 13.4. The summed E-state index contributed by atoms with van der Waals surface area (Å²) in [5.74, 6) is -0.596. The first-order chi connectivity index (χ1) is 12.0. The molecule has 1 atom stereocenters. The van der Waals surface area contributed by atoms with Gasteiger partial charge in [-0.25, -0.2) is 0 Å². The Morgan fingerprint density at radius 1 is 0.962 bits per heavy atom. The van der Waals surface area contributed by atoms with E-state index in [1.807, 2.05) is 0 Å². The molecule has 1 aromatic carbocycles. The molecule has 0 aliphatic heterocycles. The Hall–Kier alpha value is -2.79. The van der Waals surface area contributed by atoms with E-state index in [0.29, 0.717) is 0 Å². The minimum absolute atomic E-state index is 0.184. The Labute approximate surface area is 143 Å². The normalized spacial score (nSPS) is 13.2. The van der Waals surface area contributed by atoms with Gasteiger partial charge in [0.15, 0.2) is 6.10 Å². The second kappa shape index (κ2) is 7.22. The maximum Gasteiger partial charge on any atom is 0.425 e. The highest BCUT2D eigenvalue weighted by Gasteiger charge is 2.39. The molecule has 0 spiro atoms. The number of aromatic nitrogens is 3. The van der Waals surface area contributed by atoms with Crippen LogP contribution in [0.5, 0.6) is 6.01 Å². The minimum Gasteiger partial charge on any atom is -0.451 e. The number of alkyl halides is 6. The number of hydrogen-bond acceptors (Lipinski definition) is 6. The monoisotopic (exact) mass is 381 g/mol. The molecule has 6 nitrogen and oxygen atoms in total. The second-order valence-electron chi connectivity index (χ2n) is 4.99. The van der Waals surface area contributed by atoms with E-state index < -0.39 is 36.0 Å². The van der Waals surface area contributed by atoms with Crippen molar-refractivity contribution in [3.8, 4) is 6.01 Å². The SMILES string of the molecule is CNc1nc(Nc2ccccc2C(F)(F)F)nc(OC(C)C(F)(F)F)n1. The van der Waals surface area contributed by atoms with Crippen molar-refractivity contribution in [3.63, 3.8) is 0 Å². The lowest BCUT2D eigenvalue weighted by atomic mass is 10.1. The number of anilines is 3. The van der Waals surface area contributed by atoms with Gasteiger partial charge < -0.3 is 15.4 Å². The highest BCUT2D eigenvalue weighted by Crippen LogP contribution is 2.35. The molecular formula is C14H13F6N5O. The van der Waals surface area contributed by atoms with Crippen molar-refractivity contribution in [3.05, 3.63) is 29.8 Å². The molecule has 1 aromatic heterocycles. The standard InChI is InChI=1S/C14H13F6N5O/c1-7(13(15,16)17)26-12-24-10(21-2)23-11(25-12)22-9-6-4-3-5-8(9)14(18,19)20/h3-7H,1-2H3,(H2,21,22,23,24,25). The molecule has 0 aliphatic carbocycles. The van der Waals surface area contributed by atoms with Crippen LogP contribution < -0.4 is 15.4 Å². The van der Waals surface area contributed by atoms with Gasteiger partial charge in [-0.2, -0.15) is 41.3 Å². The second-order valence-corrected chi connectivity index (χ2v) is 4.99. The van der Waals surface area contributed by atoms with Crippen LogP contribution in [0.2, 0.25) is 0 Å². The summed E-state index contributed by atoms with van der Waals surface area (Å²) in [7, 11) is 1.37. The molecule has 0 amide bonds. The summed E-state index contributed by atoms with van der Waals surface area (Å²) < 4.78 is 81.5. The van der Waals surface area contributed by atoms with Crippen LogP contribution in [0.25, 0.3) is 0 Å². The summed E-state index contributed by atoms with van der Waals surface area (Å²) in [6.45, 7) is 0.745. The number of halogens is 6. The van der Waals surface area contributed by atoms with E-state index >= 15 is 0 Å². The highest BCUT2D eigenvalue weighted by atomic mass is 19.4. The van der Waals surface area contributed by atoms with Crippen molar-refractivity contribution in [2.75, 3.05) is 17.7 Å². The lowest BCUT2D eigenvalue weighted by Gasteiger charge is -2.17. The van der Waals surface area contributed by atoms with Crippen LogP contribution in [0.4, 0.5) is 43.9 Å². The van der Waals surface area contributed by atoms with Gasteiger partial charge in [-0.15, -0.1) is 0 Å². The third kappa shape index (κ3) is 4.86. The maximum atomic E-state index is 13.0. The van der Waals surface area contributed by atoms with Crippen LogP contribution in [0.15, 0.2) is 24.3 Å². The molecule has 0 fully saturated rings. The van der Waals surface area contributed by atoms with Crippen LogP contribution in [-0.2, 0) is 6.18 Å². The van der Waals surface area contributed by atoms with Crippen LogP contribution in [0.3, 0.4) is 0 Å². The fourth-order valence-electron chi connectivity index (χ4n) is 1.76. The van der Waals surface area contributed by atoms with Crippen LogP contribution >= 0.6 is 0 Å². The average molecular weight is 381 g/mol. The molecule has 1 unspecified atom stereocenters. The molecular weight excluding hydrogens is 368 g/mol. The van der Waals surface area contributed by atoms with Gasteiger partial charge in [-0.05, 0) is 19.1 Å². The van der Waals surface area contributed by atoms with Crippen molar-refractivity contribution in [1.82, 2.24) is 15.0 Å². The first-order valence-electron chi connectivity index (χ1n) is 7.11. The summed E-state index contributed by atoms with van der Waals surface area (Å²) in [6.07, 6.45) is -11.5. The average Bonchev–Trinajstić information content (AvgIpc) is 2.53. The first-order valence-corrected chi connectivity index (χ1v) is 7.11. The molecule has 0 radical (unpaired) electrons. The van der Waals surface area contributed by atoms with Gasteiger partial charge in [0.05, 0.1) is 11.3 Å². The predicted octanol–water partition coefficient (Wildman–Crippen LogP) is 4.01. The van der Waals surface area contributed by atoms with Gasteiger partial charge in [0.2, 0.25) is 11.9 Å². The van der Waals surface area contributed by atoms with Crippen LogP contribution in [-0.4, -0.2) is 34.3 Å². The number of ether oxygens (including phenoxy) is 1. The molecule has 142 valence electrons. The van der Waals surface area contributed by atoms with Gasteiger partial charge in [0.25, 0.3) is 0 Å². The molecule has 0 aliphatic rings. The quantitative estimate of drug-likeness (QED) is 0.763. The smallest absolute Gasteiger partial charge is 0.425 e. The van der Waals surface area contributed by atoms with Crippen molar-refractivity contribution in [2.45, 2.75) is 25.4 Å². The topological polar surface area (TPSA) is 72.0 Å². The van der Waals surface area contributed by atoms with Crippen molar-refractivity contribution < 1.29 is 31.1 Å². The largest absolute Gasteiger partial charge is 0.451 e. The molecule has 26 heavy (non-hydrogen) atoms. The number of para-hydroxylation sites is 1. The van der Waals surface area contributed by atoms with E-state index in [1.54, 1.807) is 0 Å². The molecule has 2 N–H and O–H groups in total. The molecule has 0 saturated carbocycles. The number of hydrogen-bond donors (Lipinski definition) is 2. The van der Waals surface area contributed by atoms with E-state index in [-0.39, 0.29) is 11.6 Å². The van der Waals surface area contributed by atoms with Gasteiger partial charge in [0, 0.05) is 7.05 Å². The zero-order chi connectivity index (χ0) is 19.5. The Morgan fingerprint density at radius 2 is 1.58 bits per heavy atom. The third-order valence-electron chi connectivity index (χ3n) is 3.06. The van der Waals surface area contributed by atoms with E-state index in [4.69, 9.17) is 0 Å². The van der Waals surface area contributed by atoms with Crippen LogP contribution in [0.1, 0.15) is 12.5 Å². The van der Waals surface area contributed by atoms with Gasteiger partial charge in [0.1, 0.15) is 0 Å². The van der Waals surface area contributed by atoms with E-state index in [1.165, 1.54) is 19.2 Å². The zero-order valence-corrected chi connectivity index (χ0v) is 13.4. The number of nitrogens with one attached hydrogen (secondary N) is 2. The number of nitrogens with zero attached hydrogens (tertiary/aromatic N) is 3. The predicted molar refractivity (Wildman–Crippen MR) is 80.2 cm³/mol. The van der Waals surface area contributed by atoms with E-state index in [9.17, 15) is 26.3 Å². The Balaban J connectivity index is 2.35. The summed E-state index contributed by atoms with van der Waals surface area (Å²) >= 11 is 0. The Kier molecular flexibility index (Phi) is 5.42. The number of rotatable bonds is 5. The summed E-state index contributed by atoms with van der Waals surface area (Å²) in [5, 5.41) is 4.79. The lowest BCUT2D eigenvalue weighted by Crippen LogP contribution is -2.32. The van der Waals surface area contributed by atoms with Gasteiger partial charge in [-0.1, -0.05) is 12.1 Å². The highest BCUT2D eigenvalue weighted by molar-refractivity contribution is 5.60. The molecule has 2 aromatic rings. The molecule has 1 heterocycles. The van der Waals surface area contributed by atoms with Gasteiger partial charge >= 0.3 is 18.4 Å². The molecule has 0 saturated heterocycles. The maximum absolute atomic E-state index is 13.0. The summed E-state index contributed by atoms with van der Waals surface area (Å²) in [4.78, 5) is 11.0. The fraction of sp³-hybridized carbons (Fsp3) is 0.357. The van der Waals surface area contributed by atoms with Crippen LogP contribution in [0, 0.1) is 0 Å².